The van der Waals surface area contributed by atoms with Crippen LogP contribution in [0.15, 0.2) is 18.2 Å². The molecule has 1 atom stereocenters. The predicted molar refractivity (Wildman–Crippen MR) is 75.5 cm³/mol. The number of aryl methyl sites for hydroxylation is 1. The highest BCUT2D eigenvalue weighted by Gasteiger charge is 2.06. The summed E-state index contributed by atoms with van der Waals surface area (Å²) in [6, 6.07) is 5.58. The molecule has 0 radical (unpaired) electrons. The predicted octanol–water partition coefficient (Wildman–Crippen LogP) is 2.64. The second-order valence-electron chi connectivity index (χ2n) is 4.28. The van der Waals surface area contributed by atoms with Gasteiger partial charge in [0.2, 0.25) is 0 Å². The summed E-state index contributed by atoms with van der Waals surface area (Å²) in [7, 11) is 0. The molecule has 4 heteroatoms. The summed E-state index contributed by atoms with van der Waals surface area (Å²) in [5.41, 5.74) is 1.06. The summed E-state index contributed by atoms with van der Waals surface area (Å²) in [5.74, 6) is 0.755. The molecule has 0 fully saturated rings. The summed E-state index contributed by atoms with van der Waals surface area (Å²) in [6.45, 7) is 5.91. The summed E-state index contributed by atoms with van der Waals surface area (Å²) in [5, 5.41) is 13.6. The number of rotatable bonds is 8. The zero-order chi connectivity index (χ0) is 13.4. The molecule has 1 rings (SSSR count). The Morgan fingerprint density at radius 1 is 1.39 bits per heavy atom. The Morgan fingerprint density at radius 3 is 2.83 bits per heavy atom. The van der Waals surface area contributed by atoms with E-state index in [0.29, 0.717) is 13.2 Å². The molecule has 18 heavy (non-hydrogen) atoms. The number of nitrogens with one attached hydrogen (secondary N) is 1. The lowest BCUT2D eigenvalue weighted by atomic mass is 10.1. The maximum absolute atomic E-state index is 9.70. The molecule has 0 aliphatic rings. The summed E-state index contributed by atoms with van der Waals surface area (Å²) in [4.78, 5) is 0. The van der Waals surface area contributed by atoms with Crippen LogP contribution in [-0.2, 0) is 6.42 Å². The van der Waals surface area contributed by atoms with Gasteiger partial charge in [-0.15, -0.1) is 0 Å². The first-order valence-corrected chi connectivity index (χ1v) is 6.85. The molecule has 102 valence electrons. The first-order valence-electron chi connectivity index (χ1n) is 6.47. The topological polar surface area (TPSA) is 41.5 Å². The van der Waals surface area contributed by atoms with Crippen molar-refractivity contribution in [3.05, 3.63) is 28.8 Å². The minimum Gasteiger partial charge on any atom is -0.491 e. The van der Waals surface area contributed by atoms with Crippen LogP contribution in [0.2, 0.25) is 5.02 Å². The largest absolute Gasteiger partial charge is 0.491 e. The number of halogens is 1. The summed E-state index contributed by atoms with van der Waals surface area (Å²) < 4.78 is 5.55. The SMILES string of the molecule is CCCNCC(O)COc1ccc(Cl)c(CC)c1. The zero-order valence-electron chi connectivity index (χ0n) is 11.1. The van der Waals surface area contributed by atoms with E-state index in [1.54, 1.807) is 0 Å². The summed E-state index contributed by atoms with van der Waals surface area (Å²) >= 11 is 6.03. The minimum absolute atomic E-state index is 0.293. The van der Waals surface area contributed by atoms with E-state index < -0.39 is 6.10 Å². The van der Waals surface area contributed by atoms with Crippen LogP contribution in [0.1, 0.15) is 25.8 Å². The minimum atomic E-state index is -0.489. The number of hydrogen-bond acceptors (Lipinski definition) is 3. The van der Waals surface area contributed by atoms with Crippen LogP contribution in [0, 0.1) is 0 Å². The van der Waals surface area contributed by atoms with Crippen molar-refractivity contribution in [2.45, 2.75) is 32.8 Å². The third kappa shape index (κ3) is 5.25. The first kappa shape index (κ1) is 15.3. The van der Waals surface area contributed by atoms with Crippen molar-refractivity contribution in [3.8, 4) is 5.75 Å². The van der Waals surface area contributed by atoms with Crippen molar-refractivity contribution < 1.29 is 9.84 Å². The quantitative estimate of drug-likeness (QED) is 0.714. The summed E-state index contributed by atoms with van der Waals surface area (Å²) in [6.07, 6.45) is 1.44. The molecular weight excluding hydrogens is 250 g/mol. The van der Waals surface area contributed by atoms with Gasteiger partial charge in [0.1, 0.15) is 18.5 Å². The van der Waals surface area contributed by atoms with Gasteiger partial charge in [-0.3, -0.25) is 0 Å². The highest BCUT2D eigenvalue weighted by molar-refractivity contribution is 6.31. The van der Waals surface area contributed by atoms with E-state index in [9.17, 15) is 5.11 Å². The normalized spacial score (nSPS) is 12.4. The number of ether oxygens (including phenoxy) is 1. The average molecular weight is 272 g/mol. The van der Waals surface area contributed by atoms with Gasteiger partial charge < -0.3 is 15.2 Å². The van der Waals surface area contributed by atoms with Crippen LogP contribution in [0.4, 0.5) is 0 Å². The molecule has 3 nitrogen and oxygen atoms in total. The Kier molecular flexibility index (Phi) is 7.09. The fourth-order valence-electron chi connectivity index (χ4n) is 1.61. The standard InChI is InChI=1S/C14H22ClNO2/c1-3-7-16-9-12(17)10-18-13-5-6-14(15)11(4-2)8-13/h5-6,8,12,16-17H,3-4,7,9-10H2,1-2H3. The average Bonchev–Trinajstić information content (AvgIpc) is 2.38. The Bertz CT molecular complexity index is 358. The Labute approximate surface area is 114 Å². The molecule has 0 aromatic heterocycles. The third-order valence-corrected chi connectivity index (χ3v) is 3.02. The van der Waals surface area contributed by atoms with Crippen LogP contribution in [0.25, 0.3) is 0 Å². The van der Waals surface area contributed by atoms with Gasteiger partial charge in [-0.25, -0.2) is 0 Å². The van der Waals surface area contributed by atoms with Crippen LogP contribution >= 0.6 is 11.6 Å². The molecular formula is C14H22ClNO2. The third-order valence-electron chi connectivity index (χ3n) is 2.65. The van der Waals surface area contributed by atoms with E-state index in [-0.39, 0.29) is 0 Å². The molecule has 0 saturated carbocycles. The van der Waals surface area contributed by atoms with Gasteiger partial charge in [0.05, 0.1) is 0 Å². The van der Waals surface area contributed by atoms with Crippen molar-refractivity contribution in [2.24, 2.45) is 0 Å². The maximum Gasteiger partial charge on any atom is 0.119 e. The Morgan fingerprint density at radius 2 is 2.17 bits per heavy atom. The molecule has 0 amide bonds. The van der Waals surface area contributed by atoms with Crippen molar-refractivity contribution in [3.63, 3.8) is 0 Å². The van der Waals surface area contributed by atoms with Crippen molar-refractivity contribution in [1.29, 1.82) is 0 Å². The van der Waals surface area contributed by atoms with Gasteiger partial charge in [-0.05, 0) is 43.1 Å². The van der Waals surface area contributed by atoms with Gasteiger partial charge in [0, 0.05) is 11.6 Å². The number of aliphatic hydroxyl groups is 1. The Hall–Kier alpha value is -0.770. The molecule has 0 spiro atoms. The first-order chi connectivity index (χ1) is 8.67. The fraction of sp³-hybridized carbons (Fsp3) is 0.571. The second-order valence-corrected chi connectivity index (χ2v) is 4.68. The van der Waals surface area contributed by atoms with Crippen molar-refractivity contribution >= 4 is 11.6 Å². The lowest BCUT2D eigenvalue weighted by Gasteiger charge is -2.13. The molecule has 0 bridgehead atoms. The van der Waals surface area contributed by atoms with Gasteiger partial charge in [0.15, 0.2) is 0 Å². The zero-order valence-corrected chi connectivity index (χ0v) is 11.8. The van der Waals surface area contributed by atoms with Gasteiger partial charge in [-0.1, -0.05) is 25.4 Å². The van der Waals surface area contributed by atoms with Gasteiger partial charge in [-0.2, -0.15) is 0 Å². The molecule has 0 heterocycles. The van der Waals surface area contributed by atoms with Gasteiger partial charge >= 0.3 is 0 Å². The highest BCUT2D eigenvalue weighted by Crippen LogP contribution is 2.22. The van der Waals surface area contributed by atoms with Crippen LogP contribution in [0.5, 0.6) is 5.75 Å². The molecule has 1 aromatic rings. The van der Waals surface area contributed by atoms with E-state index in [1.165, 1.54) is 0 Å². The highest BCUT2D eigenvalue weighted by atomic mass is 35.5. The van der Waals surface area contributed by atoms with E-state index in [0.717, 1.165) is 35.7 Å². The van der Waals surface area contributed by atoms with E-state index in [2.05, 4.69) is 19.2 Å². The van der Waals surface area contributed by atoms with E-state index in [1.807, 2.05) is 18.2 Å². The molecule has 0 aliphatic heterocycles. The smallest absolute Gasteiger partial charge is 0.119 e. The number of aliphatic hydroxyl groups excluding tert-OH is 1. The molecule has 0 aliphatic carbocycles. The van der Waals surface area contributed by atoms with E-state index >= 15 is 0 Å². The lowest BCUT2D eigenvalue weighted by molar-refractivity contribution is 0.106. The van der Waals surface area contributed by atoms with E-state index in [4.69, 9.17) is 16.3 Å². The molecule has 0 saturated heterocycles. The number of benzene rings is 1. The van der Waals surface area contributed by atoms with Crippen LogP contribution < -0.4 is 10.1 Å². The molecule has 1 unspecified atom stereocenters. The van der Waals surface area contributed by atoms with Crippen molar-refractivity contribution in [1.82, 2.24) is 5.32 Å². The second kappa shape index (κ2) is 8.35. The monoisotopic (exact) mass is 271 g/mol. The number of hydrogen-bond donors (Lipinski definition) is 2. The lowest BCUT2D eigenvalue weighted by Crippen LogP contribution is -2.31. The Balaban J connectivity index is 2.38. The molecule has 1 aromatic carbocycles. The van der Waals surface area contributed by atoms with Gasteiger partial charge in [0.25, 0.3) is 0 Å². The maximum atomic E-state index is 9.70. The van der Waals surface area contributed by atoms with Crippen molar-refractivity contribution in [2.75, 3.05) is 19.7 Å². The fourth-order valence-corrected chi connectivity index (χ4v) is 1.86. The van der Waals surface area contributed by atoms with Crippen LogP contribution in [-0.4, -0.2) is 30.9 Å². The molecule has 2 N–H and O–H groups in total. The van der Waals surface area contributed by atoms with Crippen LogP contribution in [0.3, 0.4) is 0 Å².